The number of hydrogen-bond acceptors (Lipinski definition) is 6. The fraction of sp³-hybridized carbons (Fsp3) is 1.00. The van der Waals surface area contributed by atoms with Crippen LogP contribution >= 0.6 is 21.6 Å². The highest BCUT2D eigenvalue weighted by molar-refractivity contribution is 8.76. The third-order valence-electron chi connectivity index (χ3n) is 3.51. The predicted octanol–water partition coefficient (Wildman–Crippen LogP) is 3.12. The lowest BCUT2D eigenvalue weighted by Crippen LogP contribution is -2.50. The molecule has 1 fully saturated rings. The lowest BCUT2D eigenvalue weighted by Gasteiger charge is -2.42. The second-order valence-electron chi connectivity index (χ2n) is 6.32. The van der Waals surface area contributed by atoms with E-state index in [1.54, 1.807) is 21.6 Å². The van der Waals surface area contributed by atoms with Crippen LogP contribution in [-0.2, 0) is 18.7 Å². The van der Waals surface area contributed by atoms with Gasteiger partial charge in [-0.05, 0) is 18.1 Å². The second kappa shape index (κ2) is 6.27. The van der Waals surface area contributed by atoms with Crippen molar-refractivity contribution in [2.45, 2.75) is 51.1 Å². The molecule has 0 aromatic rings. The fourth-order valence-corrected chi connectivity index (χ4v) is 6.03. The van der Waals surface area contributed by atoms with Crippen molar-refractivity contribution in [3.8, 4) is 0 Å². The highest BCUT2D eigenvalue weighted by Gasteiger charge is 2.42. The maximum Gasteiger partial charge on any atom is 0.264 e. The molecule has 0 bridgehead atoms. The molecule has 0 aliphatic carbocycles. The molecule has 1 saturated heterocycles. The zero-order valence-corrected chi connectivity index (χ0v) is 15.9. The van der Waals surface area contributed by atoms with Gasteiger partial charge in [-0.15, -0.1) is 0 Å². The molecule has 0 radical (unpaired) electrons. The molecule has 0 unspecified atom stereocenters. The van der Waals surface area contributed by atoms with Crippen molar-refractivity contribution in [2.24, 2.45) is 0 Å². The number of hydrogen-bond donors (Lipinski definition) is 0. The molecule has 1 heterocycles. The van der Waals surface area contributed by atoms with Crippen molar-refractivity contribution >= 4 is 40.0 Å². The van der Waals surface area contributed by atoms with Gasteiger partial charge in [0.1, 0.15) is 6.10 Å². The highest BCUT2D eigenvalue weighted by atomic mass is 33.1. The van der Waals surface area contributed by atoms with Gasteiger partial charge in [-0.3, -0.25) is 4.18 Å². The topological polar surface area (TPSA) is 52.6 Å². The summed E-state index contributed by atoms with van der Waals surface area (Å²) in [7, 11) is -1.98. The van der Waals surface area contributed by atoms with E-state index in [4.69, 9.17) is 8.61 Å². The zero-order valence-electron chi connectivity index (χ0n) is 12.4. The highest BCUT2D eigenvalue weighted by Crippen LogP contribution is 2.41. The van der Waals surface area contributed by atoms with E-state index < -0.39 is 18.4 Å². The van der Waals surface area contributed by atoms with Crippen molar-refractivity contribution in [3.63, 3.8) is 0 Å². The first-order chi connectivity index (χ1) is 8.42. The van der Waals surface area contributed by atoms with Crippen LogP contribution in [0.4, 0.5) is 0 Å². The van der Waals surface area contributed by atoms with Gasteiger partial charge < -0.3 is 4.43 Å². The van der Waals surface area contributed by atoms with E-state index in [2.05, 4.69) is 33.9 Å². The van der Waals surface area contributed by atoms with Crippen LogP contribution in [0.15, 0.2) is 0 Å². The summed E-state index contributed by atoms with van der Waals surface area (Å²) in [6.45, 7) is 10.9. The normalized spacial score (nSPS) is 26.4. The number of rotatable bonds is 4. The van der Waals surface area contributed by atoms with E-state index in [1.165, 1.54) is 0 Å². The smallest absolute Gasteiger partial charge is 0.264 e. The monoisotopic (exact) mass is 344 g/mol. The van der Waals surface area contributed by atoms with Crippen LogP contribution in [0, 0.1) is 0 Å². The maximum absolute atomic E-state index is 11.3. The molecule has 0 aromatic heterocycles. The lowest BCUT2D eigenvalue weighted by atomic mass is 10.2. The van der Waals surface area contributed by atoms with Crippen molar-refractivity contribution < 1.29 is 17.0 Å². The summed E-state index contributed by atoms with van der Waals surface area (Å²) in [5.74, 6) is 1.42. The van der Waals surface area contributed by atoms with Gasteiger partial charge >= 0.3 is 0 Å². The molecule has 0 saturated carbocycles. The first kappa shape index (κ1) is 17.8. The SMILES string of the molecule is CC(C)(C)[Si](C)(C)O[C@@H]1CSSC[C@H]1OS(C)(=O)=O. The molecule has 1 rings (SSSR count). The third kappa shape index (κ3) is 5.59. The van der Waals surface area contributed by atoms with Crippen LogP contribution in [0.5, 0.6) is 0 Å². The molecule has 2 atom stereocenters. The Hall–Kier alpha value is 0.787. The van der Waals surface area contributed by atoms with Crippen molar-refractivity contribution in [3.05, 3.63) is 0 Å². The summed E-state index contributed by atoms with van der Waals surface area (Å²) in [5.41, 5.74) is 0. The summed E-state index contributed by atoms with van der Waals surface area (Å²) in [5, 5.41) is 0.109. The average Bonchev–Trinajstić information content (AvgIpc) is 2.16. The largest absolute Gasteiger partial charge is 0.410 e. The Morgan fingerprint density at radius 1 is 1.11 bits per heavy atom. The predicted molar refractivity (Wildman–Crippen MR) is 86.7 cm³/mol. The Kier molecular flexibility index (Phi) is 5.89. The van der Waals surface area contributed by atoms with Gasteiger partial charge in [0, 0.05) is 11.5 Å². The van der Waals surface area contributed by atoms with Crippen molar-refractivity contribution in [2.75, 3.05) is 17.8 Å². The summed E-state index contributed by atoms with van der Waals surface area (Å²) >= 11 is 0. The molecule has 0 N–H and O–H groups in total. The van der Waals surface area contributed by atoms with Crippen LogP contribution in [0.25, 0.3) is 0 Å². The summed E-state index contributed by atoms with van der Waals surface area (Å²) in [6, 6.07) is 0. The minimum Gasteiger partial charge on any atom is -0.410 e. The quantitative estimate of drug-likeness (QED) is 0.444. The third-order valence-corrected chi connectivity index (χ3v) is 11.0. The maximum atomic E-state index is 11.3. The Morgan fingerprint density at radius 3 is 2.00 bits per heavy atom. The molecule has 1 aliphatic rings. The lowest BCUT2D eigenvalue weighted by molar-refractivity contribution is 0.0782. The van der Waals surface area contributed by atoms with Gasteiger partial charge in [-0.25, -0.2) is 0 Å². The molecular weight excluding hydrogens is 320 g/mol. The molecular formula is C11H24O4S3Si. The van der Waals surface area contributed by atoms with Crippen LogP contribution in [0.3, 0.4) is 0 Å². The van der Waals surface area contributed by atoms with Crippen molar-refractivity contribution in [1.82, 2.24) is 0 Å². The minimum absolute atomic E-state index is 0.109. The Bertz CT molecular complexity index is 403. The molecule has 4 nitrogen and oxygen atoms in total. The first-order valence-electron chi connectivity index (χ1n) is 6.23. The van der Waals surface area contributed by atoms with Gasteiger partial charge in [-0.2, -0.15) is 8.42 Å². The van der Waals surface area contributed by atoms with E-state index in [0.29, 0.717) is 5.75 Å². The van der Waals surface area contributed by atoms with Crippen LogP contribution < -0.4 is 0 Å². The van der Waals surface area contributed by atoms with Crippen LogP contribution in [0.1, 0.15) is 20.8 Å². The molecule has 0 aromatic carbocycles. The van der Waals surface area contributed by atoms with Crippen LogP contribution in [-0.4, -0.2) is 46.7 Å². The first-order valence-corrected chi connectivity index (χ1v) is 13.4. The second-order valence-corrected chi connectivity index (χ2v) is 15.2. The average molecular weight is 345 g/mol. The van der Waals surface area contributed by atoms with Crippen LogP contribution in [0.2, 0.25) is 18.1 Å². The Morgan fingerprint density at radius 2 is 1.58 bits per heavy atom. The summed E-state index contributed by atoms with van der Waals surface area (Å²) in [4.78, 5) is 0. The molecule has 0 spiro atoms. The molecule has 0 amide bonds. The molecule has 19 heavy (non-hydrogen) atoms. The Balaban J connectivity index is 2.78. The molecule has 8 heteroatoms. The fourth-order valence-electron chi connectivity index (χ4n) is 1.42. The summed E-state index contributed by atoms with van der Waals surface area (Å²) < 4.78 is 34.2. The van der Waals surface area contributed by atoms with Gasteiger partial charge in [0.15, 0.2) is 8.32 Å². The van der Waals surface area contributed by atoms with Gasteiger partial charge in [0.2, 0.25) is 0 Å². The summed E-state index contributed by atoms with van der Waals surface area (Å²) in [6.07, 6.45) is 0.597. The van der Waals surface area contributed by atoms with Crippen molar-refractivity contribution in [1.29, 1.82) is 0 Å². The van der Waals surface area contributed by atoms with Gasteiger partial charge in [0.25, 0.3) is 10.1 Å². The van der Waals surface area contributed by atoms with E-state index in [1.807, 2.05) is 0 Å². The van der Waals surface area contributed by atoms with E-state index in [0.717, 1.165) is 12.0 Å². The van der Waals surface area contributed by atoms with Gasteiger partial charge in [0.05, 0.1) is 12.4 Å². The Labute approximate surface area is 126 Å². The molecule has 114 valence electrons. The van der Waals surface area contributed by atoms with E-state index in [9.17, 15) is 8.42 Å². The van der Waals surface area contributed by atoms with Gasteiger partial charge in [-0.1, -0.05) is 42.4 Å². The van der Waals surface area contributed by atoms with E-state index >= 15 is 0 Å². The standard InChI is InChI=1S/C11H24O4S3Si/c1-11(2,3)19(5,6)15-10-8-17-16-7-9(10)14-18(4,12)13/h9-10H,7-8H2,1-6H3/t9-,10-/m1/s1. The van der Waals surface area contributed by atoms with E-state index in [-0.39, 0.29) is 17.2 Å². The minimum atomic E-state index is -3.43. The zero-order chi connectivity index (χ0) is 14.9. The molecule has 1 aliphatic heterocycles.